The van der Waals surface area contributed by atoms with Gasteiger partial charge in [-0.1, -0.05) is 66.7 Å². The monoisotopic (exact) mass is 496 g/mol. The first kappa shape index (κ1) is 22.1. The Morgan fingerprint density at radius 3 is 1.92 bits per heavy atom. The van der Waals surface area contributed by atoms with Crippen molar-refractivity contribution in [3.05, 3.63) is 115 Å². The molecule has 0 N–H and O–H groups in total. The quantitative estimate of drug-likeness (QED) is 0.236. The van der Waals surface area contributed by atoms with Crippen LogP contribution in [-0.2, 0) is 0 Å². The van der Waals surface area contributed by atoms with Gasteiger partial charge in [-0.3, -0.25) is 0 Å². The highest BCUT2D eigenvalue weighted by Crippen LogP contribution is 2.47. The summed E-state index contributed by atoms with van der Waals surface area (Å²) < 4.78 is 5.06. The van der Waals surface area contributed by atoms with Gasteiger partial charge in [-0.15, -0.1) is 11.3 Å². The van der Waals surface area contributed by atoms with E-state index in [1.54, 1.807) is 0 Å². The molecule has 0 saturated carbocycles. The van der Waals surface area contributed by atoms with Gasteiger partial charge in [0, 0.05) is 42.2 Å². The predicted octanol–water partition coefficient (Wildman–Crippen LogP) is 10.1. The van der Waals surface area contributed by atoms with E-state index in [1.807, 2.05) is 11.3 Å². The Morgan fingerprint density at radius 2 is 1.14 bits per heavy atom. The van der Waals surface area contributed by atoms with Crippen LogP contribution in [0.25, 0.3) is 47.7 Å². The predicted molar refractivity (Wildman–Crippen MR) is 162 cm³/mol. The Kier molecular flexibility index (Phi) is 4.92. The molecule has 0 amide bonds. The third kappa shape index (κ3) is 3.38. The third-order valence-corrected chi connectivity index (χ3v) is 8.36. The average Bonchev–Trinajstić information content (AvgIpc) is 3.45. The molecule has 2 aromatic heterocycles. The molecule has 3 heteroatoms. The van der Waals surface area contributed by atoms with Crippen LogP contribution in [0, 0.1) is 0 Å². The van der Waals surface area contributed by atoms with E-state index < -0.39 is 0 Å². The summed E-state index contributed by atoms with van der Waals surface area (Å²) in [6.07, 6.45) is 0. The zero-order chi connectivity index (χ0) is 25.1. The van der Waals surface area contributed by atoms with Crippen molar-refractivity contribution in [2.24, 2.45) is 0 Å². The Hall–Kier alpha value is -4.08. The van der Waals surface area contributed by atoms with Crippen LogP contribution in [0.2, 0.25) is 0 Å². The second kappa shape index (κ2) is 8.22. The van der Waals surface area contributed by atoms with Crippen molar-refractivity contribution in [2.75, 3.05) is 4.90 Å². The first-order valence-corrected chi connectivity index (χ1v) is 13.6. The smallest absolute Gasteiger partial charge is 0.0562 e. The van der Waals surface area contributed by atoms with E-state index in [1.165, 1.54) is 59.0 Å². The van der Waals surface area contributed by atoms with Crippen LogP contribution >= 0.6 is 11.3 Å². The molecule has 0 saturated heterocycles. The average molecular weight is 497 g/mol. The normalized spacial score (nSPS) is 12.2. The zero-order valence-electron chi connectivity index (χ0n) is 21.3. The Bertz CT molecular complexity index is 1920. The minimum absolute atomic E-state index is 0.151. The van der Waals surface area contributed by atoms with Crippen molar-refractivity contribution in [1.29, 1.82) is 0 Å². The van der Waals surface area contributed by atoms with Crippen molar-refractivity contribution in [3.63, 3.8) is 0 Å². The van der Waals surface area contributed by atoms with Gasteiger partial charge in [0.15, 0.2) is 0 Å². The lowest BCUT2D eigenvalue weighted by atomic mass is 9.98. The Balaban J connectivity index is 1.61. The number of nitrogens with zero attached hydrogens (tertiary/aromatic N) is 2. The van der Waals surface area contributed by atoms with Gasteiger partial charge in [0.25, 0.3) is 0 Å². The molecule has 2 heterocycles. The summed E-state index contributed by atoms with van der Waals surface area (Å²) in [5.41, 5.74) is 5.97. The van der Waals surface area contributed by atoms with Crippen LogP contribution in [0.3, 0.4) is 0 Å². The SMILES string of the molecule is CC(C)(C)N(c1cccc2sc3ccccc3c12)c1cccc2c1c1ccccc1n2-c1ccccc1. The fourth-order valence-corrected chi connectivity index (χ4v) is 6.96. The molecule has 0 spiro atoms. The van der Waals surface area contributed by atoms with Gasteiger partial charge in [-0.25, -0.2) is 0 Å². The van der Waals surface area contributed by atoms with Gasteiger partial charge < -0.3 is 9.47 Å². The van der Waals surface area contributed by atoms with E-state index in [4.69, 9.17) is 0 Å². The lowest BCUT2D eigenvalue weighted by Crippen LogP contribution is -2.37. The minimum atomic E-state index is -0.151. The van der Waals surface area contributed by atoms with E-state index >= 15 is 0 Å². The summed E-state index contributed by atoms with van der Waals surface area (Å²) >= 11 is 1.88. The molecule has 180 valence electrons. The third-order valence-electron chi connectivity index (χ3n) is 7.22. The second-order valence-electron chi connectivity index (χ2n) is 10.6. The fourth-order valence-electron chi connectivity index (χ4n) is 5.84. The van der Waals surface area contributed by atoms with E-state index in [9.17, 15) is 0 Å². The summed E-state index contributed by atoms with van der Waals surface area (Å²) in [7, 11) is 0. The van der Waals surface area contributed by atoms with Crippen molar-refractivity contribution < 1.29 is 0 Å². The van der Waals surface area contributed by atoms with Crippen LogP contribution in [0.4, 0.5) is 11.4 Å². The molecule has 7 rings (SSSR count). The van der Waals surface area contributed by atoms with Gasteiger partial charge in [0.05, 0.1) is 22.4 Å². The lowest BCUT2D eigenvalue weighted by Gasteiger charge is -2.39. The van der Waals surface area contributed by atoms with Gasteiger partial charge in [0.2, 0.25) is 0 Å². The first-order chi connectivity index (χ1) is 18.0. The number of rotatable bonds is 3. The van der Waals surface area contributed by atoms with Crippen LogP contribution in [0.5, 0.6) is 0 Å². The summed E-state index contributed by atoms with van der Waals surface area (Å²) in [6.45, 7) is 6.95. The van der Waals surface area contributed by atoms with E-state index in [-0.39, 0.29) is 5.54 Å². The van der Waals surface area contributed by atoms with Gasteiger partial charge in [-0.2, -0.15) is 0 Å². The summed E-state index contributed by atoms with van der Waals surface area (Å²) in [4.78, 5) is 2.55. The lowest BCUT2D eigenvalue weighted by molar-refractivity contribution is 0.563. The van der Waals surface area contributed by atoms with E-state index in [2.05, 4.69) is 145 Å². The zero-order valence-corrected chi connectivity index (χ0v) is 22.1. The van der Waals surface area contributed by atoms with Gasteiger partial charge >= 0.3 is 0 Å². The Labute approximate surface area is 221 Å². The molecule has 0 bridgehead atoms. The molecular weight excluding hydrogens is 468 g/mol. The van der Waals surface area contributed by atoms with Crippen molar-refractivity contribution in [1.82, 2.24) is 4.57 Å². The second-order valence-corrected chi connectivity index (χ2v) is 11.7. The Morgan fingerprint density at radius 1 is 0.541 bits per heavy atom. The number of anilines is 2. The molecule has 7 aromatic rings. The topological polar surface area (TPSA) is 8.17 Å². The maximum Gasteiger partial charge on any atom is 0.0562 e. The number of hydrogen-bond acceptors (Lipinski definition) is 2. The fraction of sp³-hybridized carbons (Fsp3) is 0.118. The highest BCUT2D eigenvalue weighted by Gasteiger charge is 2.29. The molecule has 0 fully saturated rings. The highest BCUT2D eigenvalue weighted by molar-refractivity contribution is 7.26. The number of para-hydroxylation sites is 2. The van der Waals surface area contributed by atoms with Crippen LogP contribution in [0.15, 0.2) is 115 Å². The highest BCUT2D eigenvalue weighted by atomic mass is 32.1. The van der Waals surface area contributed by atoms with Crippen molar-refractivity contribution in [2.45, 2.75) is 26.3 Å². The van der Waals surface area contributed by atoms with E-state index in [0.29, 0.717) is 0 Å². The number of benzene rings is 5. The summed E-state index contributed by atoms with van der Waals surface area (Å²) in [5, 5.41) is 5.22. The summed E-state index contributed by atoms with van der Waals surface area (Å²) in [6, 6.07) is 41.8. The number of aromatic nitrogens is 1. The molecule has 37 heavy (non-hydrogen) atoms. The van der Waals surface area contributed by atoms with Gasteiger partial charge in [0.1, 0.15) is 0 Å². The molecule has 0 aliphatic heterocycles. The van der Waals surface area contributed by atoms with E-state index in [0.717, 1.165) is 0 Å². The molecule has 0 unspecified atom stereocenters. The molecule has 0 radical (unpaired) electrons. The maximum atomic E-state index is 2.55. The standard InChI is InChI=1S/C34H28N2S/c1-34(2,3)36(29-20-12-22-31-33(29)25-16-8-10-21-30(25)37-31)28-19-11-18-27-32(28)24-15-7-9-17-26(24)35(27)23-13-5-4-6-14-23/h4-22H,1-3H3. The number of hydrogen-bond donors (Lipinski definition) is 0. The molecule has 5 aromatic carbocycles. The molecule has 2 nitrogen and oxygen atoms in total. The van der Waals surface area contributed by atoms with Crippen LogP contribution in [-0.4, -0.2) is 10.1 Å². The largest absolute Gasteiger partial charge is 0.335 e. The number of fused-ring (bicyclic) bond motifs is 6. The maximum absolute atomic E-state index is 2.55. The number of thiophene rings is 1. The summed E-state index contributed by atoms with van der Waals surface area (Å²) in [5.74, 6) is 0. The molecule has 0 aliphatic rings. The van der Waals surface area contributed by atoms with Gasteiger partial charge in [-0.05, 0) is 69.3 Å². The molecular formula is C34H28N2S. The van der Waals surface area contributed by atoms with Crippen LogP contribution in [0.1, 0.15) is 20.8 Å². The van der Waals surface area contributed by atoms with Crippen molar-refractivity contribution >= 4 is 64.7 Å². The minimum Gasteiger partial charge on any atom is -0.335 e. The molecule has 0 aliphatic carbocycles. The molecule has 0 atom stereocenters. The first-order valence-electron chi connectivity index (χ1n) is 12.8. The van der Waals surface area contributed by atoms with Crippen molar-refractivity contribution in [3.8, 4) is 5.69 Å². The van der Waals surface area contributed by atoms with Crippen LogP contribution < -0.4 is 4.90 Å².